The van der Waals surface area contributed by atoms with Gasteiger partial charge in [-0.3, -0.25) is 9.48 Å². The van der Waals surface area contributed by atoms with Gasteiger partial charge in [-0.25, -0.2) is 8.42 Å². The van der Waals surface area contributed by atoms with Crippen LogP contribution in [0.2, 0.25) is 0 Å². The minimum atomic E-state index is -3.34. The minimum absolute atomic E-state index is 0.170. The summed E-state index contributed by atoms with van der Waals surface area (Å²) >= 11 is 0. The summed E-state index contributed by atoms with van der Waals surface area (Å²) in [6, 6.07) is 2.00. The van der Waals surface area contributed by atoms with Crippen molar-refractivity contribution in [3.63, 3.8) is 0 Å². The minimum Gasteiger partial charge on any atom is -0.355 e. The van der Waals surface area contributed by atoms with Crippen molar-refractivity contribution < 1.29 is 13.2 Å². The molecule has 1 aromatic heterocycles. The van der Waals surface area contributed by atoms with E-state index in [1.165, 1.54) is 6.92 Å². The summed E-state index contributed by atoms with van der Waals surface area (Å²) in [7, 11) is -3.34. The van der Waals surface area contributed by atoms with E-state index in [-0.39, 0.29) is 5.92 Å². The molecule has 7 heteroatoms. The number of sulfone groups is 1. The molecule has 1 N–H and O–H groups in total. The van der Waals surface area contributed by atoms with E-state index in [0.717, 1.165) is 17.6 Å². The van der Waals surface area contributed by atoms with Gasteiger partial charge in [-0.15, -0.1) is 0 Å². The SMILES string of the molecule is Cc1cc(C)n(C[C@H](C)CNC(=O)[C@@H](C)S(C)(=O)=O)n1. The maximum atomic E-state index is 11.7. The van der Waals surface area contributed by atoms with E-state index >= 15 is 0 Å². The van der Waals surface area contributed by atoms with E-state index in [9.17, 15) is 13.2 Å². The second-order valence-corrected chi connectivity index (χ2v) is 7.80. The van der Waals surface area contributed by atoms with Gasteiger partial charge in [-0.1, -0.05) is 6.92 Å². The number of nitrogens with one attached hydrogen (secondary N) is 1. The number of hydrogen-bond acceptors (Lipinski definition) is 4. The standard InChI is InChI=1S/C13H23N3O3S/c1-9(8-16-11(3)6-10(2)15-16)7-14-13(17)12(4)20(5,18)19/h6,9,12H,7-8H2,1-5H3,(H,14,17)/t9-,12-/m1/s1. The van der Waals surface area contributed by atoms with E-state index in [4.69, 9.17) is 0 Å². The number of nitrogens with zero attached hydrogens (tertiary/aromatic N) is 2. The smallest absolute Gasteiger partial charge is 0.238 e. The number of carbonyl (C=O) groups excluding carboxylic acids is 1. The summed E-state index contributed by atoms with van der Waals surface area (Å²) in [4.78, 5) is 11.7. The number of amides is 1. The predicted octanol–water partition coefficient (Wildman–Crippen LogP) is 0.685. The first-order valence-electron chi connectivity index (χ1n) is 6.59. The van der Waals surface area contributed by atoms with Gasteiger partial charge < -0.3 is 5.32 Å². The summed E-state index contributed by atoms with van der Waals surface area (Å²) in [5.41, 5.74) is 2.04. The largest absolute Gasteiger partial charge is 0.355 e. The summed E-state index contributed by atoms with van der Waals surface area (Å²) in [5, 5.41) is 6.03. The van der Waals surface area contributed by atoms with Crippen molar-refractivity contribution in [1.29, 1.82) is 0 Å². The lowest BCUT2D eigenvalue weighted by Gasteiger charge is -2.16. The van der Waals surface area contributed by atoms with E-state index in [2.05, 4.69) is 10.4 Å². The van der Waals surface area contributed by atoms with Crippen LogP contribution in [0, 0.1) is 19.8 Å². The topological polar surface area (TPSA) is 81.1 Å². The molecule has 0 bridgehead atoms. The van der Waals surface area contributed by atoms with Crippen molar-refractivity contribution in [1.82, 2.24) is 15.1 Å². The van der Waals surface area contributed by atoms with Gasteiger partial charge in [0.15, 0.2) is 9.84 Å². The molecular formula is C13H23N3O3S. The maximum Gasteiger partial charge on any atom is 0.238 e. The second-order valence-electron chi connectivity index (χ2n) is 5.43. The molecule has 6 nitrogen and oxygen atoms in total. The van der Waals surface area contributed by atoms with Crippen LogP contribution in [0.25, 0.3) is 0 Å². The van der Waals surface area contributed by atoms with Crippen molar-refractivity contribution in [2.75, 3.05) is 12.8 Å². The molecule has 114 valence electrons. The molecular weight excluding hydrogens is 278 g/mol. The number of aryl methyl sites for hydroxylation is 2. The van der Waals surface area contributed by atoms with Crippen LogP contribution in [-0.2, 0) is 21.2 Å². The fourth-order valence-corrected chi connectivity index (χ4v) is 2.30. The lowest BCUT2D eigenvalue weighted by atomic mass is 10.2. The Balaban J connectivity index is 2.50. The van der Waals surface area contributed by atoms with Crippen molar-refractivity contribution in [2.45, 2.75) is 39.5 Å². The number of rotatable bonds is 6. The number of hydrogen-bond donors (Lipinski definition) is 1. The fraction of sp³-hybridized carbons (Fsp3) is 0.692. The second kappa shape index (κ2) is 6.39. The zero-order valence-electron chi connectivity index (χ0n) is 12.7. The molecule has 0 spiro atoms. The van der Waals surface area contributed by atoms with Gasteiger partial charge in [0.05, 0.1) is 5.69 Å². The molecule has 1 amide bonds. The normalized spacial score (nSPS) is 14.8. The van der Waals surface area contributed by atoms with Crippen LogP contribution < -0.4 is 5.32 Å². The Morgan fingerprint density at radius 2 is 2.00 bits per heavy atom. The Hall–Kier alpha value is -1.37. The number of carbonyl (C=O) groups is 1. The molecule has 0 saturated heterocycles. The van der Waals surface area contributed by atoms with Crippen LogP contribution in [0.1, 0.15) is 25.2 Å². The quantitative estimate of drug-likeness (QED) is 0.838. The average Bonchev–Trinajstić information content (AvgIpc) is 2.62. The highest BCUT2D eigenvalue weighted by Gasteiger charge is 2.23. The average molecular weight is 301 g/mol. The molecule has 1 aromatic rings. The molecule has 0 aliphatic heterocycles. The summed E-state index contributed by atoms with van der Waals surface area (Å²) in [6.45, 7) is 8.42. The van der Waals surface area contributed by atoms with Gasteiger partial charge in [0.1, 0.15) is 5.25 Å². The monoisotopic (exact) mass is 301 g/mol. The Kier molecular flexibility index (Phi) is 5.33. The van der Waals surface area contributed by atoms with E-state index in [0.29, 0.717) is 13.1 Å². The molecule has 1 rings (SSSR count). The molecule has 0 unspecified atom stereocenters. The Bertz CT molecular complexity index is 578. The van der Waals surface area contributed by atoms with Gasteiger partial charge in [0.2, 0.25) is 5.91 Å². The van der Waals surface area contributed by atoms with Gasteiger partial charge in [0.25, 0.3) is 0 Å². The van der Waals surface area contributed by atoms with Crippen LogP contribution in [0.3, 0.4) is 0 Å². The third-order valence-electron chi connectivity index (χ3n) is 3.22. The molecule has 1 heterocycles. The van der Waals surface area contributed by atoms with Crippen LogP contribution in [0.5, 0.6) is 0 Å². The third-order valence-corrected chi connectivity index (χ3v) is 4.72. The molecule has 0 aromatic carbocycles. The third kappa shape index (κ3) is 4.63. The van der Waals surface area contributed by atoms with Crippen LogP contribution in [0.4, 0.5) is 0 Å². The molecule has 0 aliphatic rings. The van der Waals surface area contributed by atoms with E-state index in [1.807, 2.05) is 31.5 Å². The van der Waals surface area contributed by atoms with Crippen LogP contribution in [0.15, 0.2) is 6.07 Å². The molecule has 0 saturated carbocycles. The van der Waals surface area contributed by atoms with Crippen molar-refractivity contribution in [3.8, 4) is 0 Å². The summed E-state index contributed by atoms with van der Waals surface area (Å²) in [6.07, 6.45) is 1.07. The maximum absolute atomic E-state index is 11.7. The van der Waals surface area contributed by atoms with E-state index in [1.54, 1.807) is 0 Å². The summed E-state index contributed by atoms with van der Waals surface area (Å²) in [5.74, 6) is -0.281. The van der Waals surface area contributed by atoms with Crippen LogP contribution in [-0.4, -0.2) is 42.2 Å². The van der Waals surface area contributed by atoms with Gasteiger partial charge in [-0.05, 0) is 32.8 Å². The Morgan fingerprint density at radius 3 is 2.45 bits per heavy atom. The lowest BCUT2D eigenvalue weighted by Crippen LogP contribution is -2.40. The lowest BCUT2D eigenvalue weighted by molar-refractivity contribution is -0.120. The molecule has 2 atom stereocenters. The van der Waals surface area contributed by atoms with Crippen molar-refractivity contribution in [3.05, 3.63) is 17.5 Å². The fourth-order valence-electron chi connectivity index (χ4n) is 1.83. The number of aromatic nitrogens is 2. The first-order valence-corrected chi connectivity index (χ1v) is 8.54. The molecule has 20 heavy (non-hydrogen) atoms. The zero-order chi connectivity index (χ0) is 15.5. The molecule has 0 radical (unpaired) electrons. The first-order chi connectivity index (χ1) is 9.11. The zero-order valence-corrected chi connectivity index (χ0v) is 13.5. The Labute approximate surface area is 120 Å². The molecule has 0 fully saturated rings. The van der Waals surface area contributed by atoms with Gasteiger partial charge >= 0.3 is 0 Å². The summed E-state index contributed by atoms with van der Waals surface area (Å²) < 4.78 is 24.5. The molecule has 0 aliphatic carbocycles. The first kappa shape index (κ1) is 16.7. The van der Waals surface area contributed by atoms with Gasteiger partial charge in [0, 0.05) is 25.0 Å². The van der Waals surface area contributed by atoms with Crippen LogP contribution >= 0.6 is 0 Å². The predicted molar refractivity (Wildman–Crippen MR) is 78.2 cm³/mol. The van der Waals surface area contributed by atoms with Crippen molar-refractivity contribution in [2.24, 2.45) is 5.92 Å². The van der Waals surface area contributed by atoms with Crippen molar-refractivity contribution >= 4 is 15.7 Å². The highest BCUT2D eigenvalue weighted by Crippen LogP contribution is 2.06. The van der Waals surface area contributed by atoms with Gasteiger partial charge in [-0.2, -0.15) is 5.10 Å². The van der Waals surface area contributed by atoms with E-state index < -0.39 is 21.0 Å². The highest BCUT2D eigenvalue weighted by molar-refractivity contribution is 7.92. The Morgan fingerprint density at radius 1 is 1.40 bits per heavy atom. The highest BCUT2D eigenvalue weighted by atomic mass is 32.2.